The number of benzene rings is 1. The second-order valence-electron chi connectivity index (χ2n) is 10.4. The van der Waals surface area contributed by atoms with Gasteiger partial charge < -0.3 is 19.3 Å². The quantitative estimate of drug-likeness (QED) is 0.322. The molecule has 40 heavy (non-hydrogen) atoms. The Labute approximate surface area is 251 Å². The standard InChI is InChI=1S/C29H32IN5O4S/c1-5-34-28(37)33-17-19-14-20(38-3)15-23(39-4)26(19)18(2)13-25(33)29(34)8-10-32(11-9-29)27(36)22-16-21(31-35(22)30)24-7-6-12-40-24/h6-7,12-16,18H,5,8-11,17H2,1-4H3/t18-/m0/s1. The van der Waals surface area contributed by atoms with Crippen molar-refractivity contribution in [3.05, 3.63) is 64.3 Å². The molecule has 2 fully saturated rings. The number of aromatic nitrogens is 2. The number of hydrogen-bond acceptors (Lipinski definition) is 6. The number of rotatable bonds is 5. The van der Waals surface area contributed by atoms with Crippen LogP contribution in [0, 0.1) is 0 Å². The molecule has 6 rings (SSSR count). The maximum absolute atomic E-state index is 13.9. The van der Waals surface area contributed by atoms with E-state index < -0.39 is 5.54 Å². The number of piperidine rings is 1. The van der Waals surface area contributed by atoms with Gasteiger partial charge in [0.05, 0.1) is 54.0 Å². The zero-order valence-corrected chi connectivity index (χ0v) is 26.0. The lowest BCUT2D eigenvalue weighted by Crippen LogP contribution is -2.54. The summed E-state index contributed by atoms with van der Waals surface area (Å²) in [5, 5.41) is 6.58. The highest BCUT2D eigenvalue weighted by molar-refractivity contribution is 14.1. The van der Waals surface area contributed by atoms with E-state index in [1.165, 1.54) is 0 Å². The first-order valence-corrected chi connectivity index (χ1v) is 15.3. The number of hydrogen-bond donors (Lipinski definition) is 0. The molecule has 5 heterocycles. The van der Waals surface area contributed by atoms with Crippen molar-refractivity contribution in [1.82, 2.24) is 22.7 Å². The van der Waals surface area contributed by atoms with Gasteiger partial charge in [0, 0.05) is 42.9 Å². The zero-order chi connectivity index (χ0) is 28.2. The first kappa shape index (κ1) is 27.1. The highest BCUT2D eigenvalue weighted by Crippen LogP contribution is 2.49. The van der Waals surface area contributed by atoms with Gasteiger partial charge in [-0.2, -0.15) is 7.99 Å². The van der Waals surface area contributed by atoms with Gasteiger partial charge in [-0.1, -0.05) is 19.1 Å². The van der Waals surface area contributed by atoms with Gasteiger partial charge in [-0.05, 0) is 48.9 Å². The van der Waals surface area contributed by atoms with Gasteiger partial charge in [-0.25, -0.2) is 4.79 Å². The molecule has 2 aromatic heterocycles. The molecule has 0 unspecified atom stereocenters. The van der Waals surface area contributed by atoms with Gasteiger partial charge in [0.2, 0.25) is 0 Å². The molecule has 3 aliphatic rings. The fourth-order valence-corrected chi connectivity index (χ4v) is 7.81. The monoisotopic (exact) mass is 673 g/mol. The fourth-order valence-electron chi connectivity index (χ4n) is 6.55. The molecule has 3 aromatic rings. The van der Waals surface area contributed by atoms with Crippen LogP contribution in [0.4, 0.5) is 4.79 Å². The third kappa shape index (κ3) is 4.20. The van der Waals surface area contributed by atoms with Crippen LogP contribution >= 0.6 is 34.2 Å². The Bertz CT molecular complexity index is 1490. The van der Waals surface area contributed by atoms with Crippen LogP contribution in [-0.4, -0.2) is 74.0 Å². The number of carbonyl (C=O) groups is 2. The lowest BCUT2D eigenvalue weighted by molar-refractivity contribution is 0.0569. The van der Waals surface area contributed by atoms with Crippen molar-refractivity contribution in [2.45, 2.75) is 44.7 Å². The molecule has 1 aromatic carbocycles. The Balaban J connectivity index is 1.30. The molecule has 1 atom stereocenters. The van der Waals surface area contributed by atoms with Crippen molar-refractivity contribution in [2.24, 2.45) is 0 Å². The minimum Gasteiger partial charge on any atom is -0.497 e. The van der Waals surface area contributed by atoms with Gasteiger partial charge >= 0.3 is 6.03 Å². The first-order valence-electron chi connectivity index (χ1n) is 13.5. The SMILES string of the molecule is CCN1C(=O)N2Cc3cc(OC)cc(OC)c3[C@@H](C)C=C2C12CCN(C(=O)c1cc(-c3cccs3)nn1I)CC2. The normalized spacial score (nSPS) is 19.8. The topological polar surface area (TPSA) is 80.1 Å². The number of nitrogens with zero attached hydrogens (tertiary/aromatic N) is 5. The maximum Gasteiger partial charge on any atom is 0.325 e. The van der Waals surface area contributed by atoms with E-state index in [9.17, 15) is 9.59 Å². The van der Waals surface area contributed by atoms with E-state index >= 15 is 0 Å². The van der Waals surface area contributed by atoms with E-state index in [4.69, 9.17) is 9.47 Å². The van der Waals surface area contributed by atoms with Crippen LogP contribution in [-0.2, 0) is 6.54 Å². The maximum atomic E-state index is 13.9. The van der Waals surface area contributed by atoms with Gasteiger partial charge in [-0.15, -0.1) is 11.3 Å². The van der Waals surface area contributed by atoms with Crippen molar-refractivity contribution < 1.29 is 19.1 Å². The third-order valence-corrected chi connectivity index (χ3v) is 10.1. The molecule has 0 aliphatic carbocycles. The summed E-state index contributed by atoms with van der Waals surface area (Å²) >= 11 is 3.68. The minimum absolute atomic E-state index is 0.0151. The van der Waals surface area contributed by atoms with Crippen LogP contribution < -0.4 is 9.47 Å². The highest BCUT2D eigenvalue weighted by Gasteiger charge is 2.55. The third-order valence-electron chi connectivity index (χ3n) is 8.45. The van der Waals surface area contributed by atoms with Crippen LogP contribution in [0.15, 0.2) is 47.5 Å². The number of ether oxygens (including phenoxy) is 2. The van der Waals surface area contributed by atoms with Gasteiger partial charge in [0.25, 0.3) is 5.91 Å². The molecule has 0 bridgehead atoms. The largest absolute Gasteiger partial charge is 0.497 e. The molecular weight excluding hydrogens is 641 g/mol. The van der Waals surface area contributed by atoms with Crippen molar-refractivity contribution in [2.75, 3.05) is 33.9 Å². The number of likely N-dealkylation sites (tertiary alicyclic amines) is 1. The Morgan fingerprint density at radius 2 is 1.98 bits per heavy atom. The van der Waals surface area contributed by atoms with Gasteiger partial charge in [0.1, 0.15) is 22.9 Å². The molecule has 3 amide bonds. The fraction of sp³-hybridized carbons (Fsp3) is 0.414. The van der Waals surface area contributed by atoms with Gasteiger partial charge in [-0.3, -0.25) is 9.69 Å². The second-order valence-corrected chi connectivity index (χ2v) is 12.3. The van der Waals surface area contributed by atoms with E-state index in [-0.39, 0.29) is 17.9 Å². The summed E-state index contributed by atoms with van der Waals surface area (Å²) in [5.74, 6) is 1.49. The molecule has 210 valence electrons. The summed E-state index contributed by atoms with van der Waals surface area (Å²) in [6, 6.07) is 9.80. The molecule has 0 saturated carbocycles. The summed E-state index contributed by atoms with van der Waals surface area (Å²) in [6.45, 7) is 6.37. The van der Waals surface area contributed by atoms with Crippen LogP contribution in [0.2, 0.25) is 0 Å². The Hall–Kier alpha value is -3.06. The minimum atomic E-state index is -0.455. The van der Waals surface area contributed by atoms with Crippen molar-refractivity contribution >= 4 is 46.1 Å². The van der Waals surface area contributed by atoms with Crippen LogP contribution in [0.3, 0.4) is 0 Å². The first-order chi connectivity index (χ1) is 19.3. The number of urea groups is 1. The number of likely N-dealkylation sites (N-methyl/N-ethyl adjacent to an activating group) is 1. The lowest BCUT2D eigenvalue weighted by Gasteiger charge is -2.44. The molecule has 11 heteroatoms. The number of carbonyl (C=O) groups excluding carboxylic acids is 2. The van der Waals surface area contributed by atoms with E-state index in [1.807, 2.05) is 57.3 Å². The lowest BCUT2D eigenvalue weighted by atomic mass is 9.82. The average molecular weight is 674 g/mol. The Morgan fingerprint density at radius 3 is 2.62 bits per heavy atom. The number of methoxy groups -OCH3 is 2. The summed E-state index contributed by atoms with van der Waals surface area (Å²) in [4.78, 5) is 34.4. The number of allylic oxidation sites excluding steroid dienone is 1. The molecular formula is C29H32IN5O4S. The van der Waals surface area contributed by atoms with Crippen LogP contribution in [0.1, 0.15) is 54.2 Å². The molecule has 3 aliphatic heterocycles. The number of fused-ring (bicyclic) bond motifs is 3. The second kappa shape index (κ2) is 10.4. The Kier molecular flexibility index (Phi) is 7.06. The van der Waals surface area contributed by atoms with E-state index in [0.717, 1.165) is 33.1 Å². The predicted molar refractivity (Wildman–Crippen MR) is 162 cm³/mol. The van der Waals surface area contributed by atoms with Crippen LogP contribution in [0.5, 0.6) is 11.5 Å². The van der Waals surface area contributed by atoms with Gasteiger partial charge in [0.15, 0.2) is 0 Å². The summed E-state index contributed by atoms with van der Waals surface area (Å²) in [6.07, 6.45) is 3.59. The molecule has 2 saturated heterocycles. The smallest absolute Gasteiger partial charge is 0.325 e. The molecule has 1 spiro atoms. The highest BCUT2D eigenvalue weighted by atomic mass is 127. The van der Waals surface area contributed by atoms with E-state index in [1.54, 1.807) is 28.5 Å². The number of amides is 3. The van der Waals surface area contributed by atoms with E-state index in [2.05, 4.69) is 41.0 Å². The molecule has 0 radical (unpaired) electrons. The summed E-state index contributed by atoms with van der Waals surface area (Å²) in [7, 11) is 3.31. The Morgan fingerprint density at radius 1 is 1.20 bits per heavy atom. The predicted octanol–water partition coefficient (Wildman–Crippen LogP) is 5.76. The average Bonchev–Trinajstić information content (AvgIpc) is 3.65. The molecule has 9 nitrogen and oxygen atoms in total. The van der Waals surface area contributed by atoms with Crippen molar-refractivity contribution in [1.29, 1.82) is 0 Å². The summed E-state index contributed by atoms with van der Waals surface area (Å²) < 4.78 is 12.9. The van der Waals surface area contributed by atoms with E-state index in [0.29, 0.717) is 50.5 Å². The van der Waals surface area contributed by atoms with Crippen LogP contribution in [0.25, 0.3) is 10.6 Å². The summed E-state index contributed by atoms with van der Waals surface area (Å²) in [5.41, 5.74) is 4.06. The number of halogens is 1. The number of thiophene rings is 1. The van der Waals surface area contributed by atoms with Crippen molar-refractivity contribution in [3.8, 4) is 22.1 Å². The molecule has 0 N–H and O–H groups in total. The van der Waals surface area contributed by atoms with Crippen molar-refractivity contribution in [3.63, 3.8) is 0 Å². The zero-order valence-electron chi connectivity index (χ0n) is 23.0.